The zero-order chi connectivity index (χ0) is 30.4. The summed E-state index contributed by atoms with van der Waals surface area (Å²) < 4.78 is 193. The molecule has 220 valence electrons. The first-order valence-electron chi connectivity index (χ1n) is 9.35. The van der Waals surface area contributed by atoms with Crippen molar-refractivity contribution in [3.05, 3.63) is 54.4 Å². The molecule has 39 heavy (non-hydrogen) atoms. The molecule has 1 aliphatic heterocycles. The van der Waals surface area contributed by atoms with Crippen LogP contribution in [0.3, 0.4) is 0 Å². The highest BCUT2D eigenvalue weighted by atomic mass is 32.2. The third-order valence-corrected chi connectivity index (χ3v) is 7.75. The lowest BCUT2D eigenvalue weighted by Gasteiger charge is -2.25. The van der Waals surface area contributed by atoms with Gasteiger partial charge >= 0.3 is 46.8 Å². The van der Waals surface area contributed by atoms with Gasteiger partial charge in [0.2, 0.25) is 0 Å². The highest BCUT2D eigenvalue weighted by Crippen LogP contribution is 2.47. The van der Waals surface area contributed by atoms with E-state index in [1.54, 1.807) is 0 Å². The molecule has 0 saturated carbocycles. The van der Waals surface area contributed by atoms with E-state index >= 15 is 0 Å². The monoisotopic (exact) mass is 641 g/mol. The minimum atomic E-state index is -6.69. The molecular weight excluding hydrogens is 629 g/mol. The summed E-state index contributed by atoms with van der Waals surface area (Å²) in [5, 5.41) is 10.4. The van der Waals surface area contributed by atoms with E-state index < -0.39 is 91.8 Å². The van der Waals surface area contributed by atoms with Crippen molar-refractivity contribution < 1.29 is 78.2 Å². The van der Waals surface area contributed by atoms with Crippen molar-refractivity contribution in [3.8, 4) is 17.2 Å². The standard InChI is InChI=1S/C17H12F9NO9S3/c1-2-3-10-12(35-38(31,32)16(21,22)23)8-11(28)13(14(10)36-39(33,34)17(24,25)26)9-4-6-27(7-5-9)37(29,30)15(18,19)20/h2,4-9,28H,1,3H2. The number of allylic oxidation sites excluding steroid dienone is 3. The second kappa shape index (κ2) is 10.1. The predicted octanol–water partition coefficient (Wildman–Crippen LogP) is 3.85. The van der Waals surface area contributed by atoms with Crippen LogP contribution in [-0.4, -0.2) is 51.2 Å². The zero-order valence-corrected chi connectivity index (χ0v) is 20.7. The summed E-state index contributed by atoms with van der Waals surface area (Å²) in [5.74, 6) is -6.44. The molecule has 0 aromatic heterocycles. The van der Waals surface area contributed by atoms with Crippen molar-refractivity contribution in [2.24, 2.45) is 0 Å². The van der Waals surface area contributed by atoms with Gasteiger partial charge in [-0.05, 0) is 6.42 Å². The van der Waals surface area contributed by atoms with Crippen LogP contribution in [0.2, 0.25) is 0 Å². The number of alkyl halides is 9. The van der Waals surface area contributed by atoms with E-state index in [0.29, 0.717) is 12.2 Å². The summed E-state index contributed by atoms with van der Waals surface area (Å²) in [6, 6.07) is 0.116. The number of hydrogen-bond acceptors (Lipinski definition) is 9. The molecule has 1 aromatic carbocycles. The first kappa shape index (κ1) is 32.1. The van der Waals surface area contributed by atoms with E-state index in [-0.39, 0.29) is 18.5 Å². The Labute approximate surface area is 213 Å². The van der Waals surface area contributed by atoms with Gasteiger partial charge in [0.05, 0.1) is 0 Å². The number of nitrogens with zero attached hydrogens (tertiary/aromatic N) is 1. The normalized spacial score (nSPS) is 15.9. The van der Waals surface area contributed by atoms with Gasteiger partial charge in [-0.3, -0.25) is 0 Å². The maximum Gasteiger partial charge on any atom is 0.534 e. The SMILES string of the molecule is C=CCc1c(OS(=O)(=O)C(F)(F)F)cc(O)c(C2C=CN(S(=O)(=O)C(F)(F)F)C=C2)c1OS(=O)(=O)C(F)(F)F. The molecule has 1 aliphatic rings. The Balaban J connectivity index is 2.84. The fraction of sp³-hybridized carbons (Fsp3) is 0.294. The molecule has 0 aliphatic carbocycles. The molecule has 0 atom stereocenters. The molecular formula is C17H12F9NO9S3. The number of hydrogen-bond donors (Lipinski definition) is 1. The maximum atomic E-state index is 13.1. The fourth-order valence-corrected chi connectivity index (χ4v) is 4.46. The van der Waals surface area contributed by atoms with Crippen molar-refractivity contribution >= 4 is 30.3 Å². The molecule has 1 heterocycles. The van der Waals surface area contributed by atoms with Crippen LogP contribution in [0.4, 0.5) is 39.5 Å². The van der Waals surface area contributed by atoms with E-state index in [9.17, 15) is 69.9 Å². The topological polar surface area (TPSA) is 144 Å². The van der Waals surface area contributed by atoms with Gasteiger partial charge in [0.25, 0.3) is 0 Å². The summed E-state index contributed by atoms with van der Waals surface area (Å²) in [4.78, 5) is 0. The lowest BCUT2D eigenvalue weighted by atomic mass is 9.92. The lowest BCUT2D eigenvalue weighted by molar-refractivity contribution is -0.0502. The molecule has 2 rings (SSSR count). The van der Waals surface area contributed by atoms with Gasteiger partial charge in [0.1, 0.15) is 5.75 Å². The second-order valence-electron chi connectivity index (χ2n) is 7.06. The Morgan fingerprint density at radius 2 is 1.31 bits per heavy atom. The number of sulfonamides is 1. The Kier molecular flexibility index (Phi) is 8.32. The molecule has 0 saturated heterocycles. The summed E-state index contributed by atoms with van der Waals surface area (Å²) in [6.07, 6.45) is 1.18. The average Bonchev–Trinajstić information content (AvgIpc) is 2.73. The van der Waals surface area contributed by atoms with E-state index in [1.165, 1.54) is 0 Å². The smallest absolute Gasteiger partial charge is 0.507 e. The van der Waals surface area contributed by atoms with Crippen molar-refractivity contribution in [1.82, 2.24) is 4.31 Å². The highest BCUT2D eigenvalue weighted by Gasteiger charge is 2.52. The molecule has 0 fully saturated rings. The summed E-state index contributed by atoms with van der Waals surface area (Å²) in [6.45, 7) is 3.13. The van der Waals surface area contributed by atoms with Crippen LogP contribution >= 0.6 is 0 Å². The number of phenols is 1. The van der Waals surface area contributed by atoms with E-state index in [2.05, 4.69) is 14.9 Å². The molecule has 0 bridgehead atoms. The first-order valence-corrected chi connectivity index (χ1v) is 13.6. The Bertz CT molecular complexity index is 1510. The van der Waals surface area contributed by atoms with Gasteiger partial charge in [0, 0.05) is 35.5 Å². The zero-order valence-electron chi connectivity index (χ0n) is 18.2. The Morgan fingerprint density at radius 3 is 1.72 bits per heavy atom. The minimum absolute atomic E-state index is 0.116. The van der Waals surface area contributed by atoms with Crippen LogP contribution < -0.4 is 8.37 Å². The average molecular weight is 641 g/mol. The van der Waals surface area contributed by atoms with Gasteiger partial charge < -0.3 is 13.5 Å². The molecule has 22 heteroatoms. The van der Waals surface area contributed by atoms with Crippen molar-refractivity contribution in [2.45, 2.75) is 28.9 Å². The van der Waals surface area contributed by atoms with Crippen LogP contribution in [-0.2, 0) is 36.7 Å². The number of rotatable bonds is 8. The van der Waals surface area contributed by atoms with E-state index in [1.807, 2.05) is 0 Å². The Hall–Kier alpha value is -3.14. The second-order valence-corrected chi connectivity index (χ2v) is 12.0. The molecule has 1 aromatic rings. The maximum absolute atomic E-state index is 13.1. The molecule has 10 nitrogen and oxygen atoms in total. The molecule has 0 spiro atoms. The Morgan fingerprint density at radius 1 is 0.846 bits per heavy atom. The van der Waals surface area contributed by atoms with Crippen molar-refractivity contribution in [1.29, 1.82) is 0 Å². The van der Waals surface area contributed by atoms with E-state index in [4.69, 9.17) is 0 Å². The lowest BCUT2D eigenvalue weighted by Crippen LogP contribution is -2.35. The van der Waals surface area contributed by atoms with Crippen LogP contribution in [0.25, 0.3) is 0 Å². The number of phenolic OH excluding ortho intramolecular Hbond substituents is 1. The molecule has 0 radical (unpaired) electrons. The minimum Gasteiger partial charge on any atom is -0.507 e. The van der Waals surface area contributed by atoms with Crippen LogP contribution in [0, 0.1) is 0 Å². The quantitative estimate of drug-likeness (QED) is 0.194. The van der Waals surface area contributed by atoms with Gasteiger partial charge in [0.15, 0.2) is 11.5 Å². The van der Waals surface area contributed by atoms with Gasteiger partial charge in [-0.15, -0.1) is 6.58 Å². The van der Waals surface area contributed by atoms with Crippen LogP contribution in [0.1, 0.15) is 17.0 Å². The van der Waals surface area contributed by atoms with Crippen molar-refractivity contribution in [3.63, 3.8) is 0 Å². The highest BCUT2D eigenvalue weighted by molar-refractivity contribution is 7.90. The van der Waals surface area contributed by atoms with Crippen molar-refractivity contribution in [2.75, 3.05) is 0 Å². The van der Waals surface area contributed by atoms with Crippen LogP contribution in [0.15, 0.2) is 43.3 Å². The summed E-state index contributed by atoms with van der Waals surface area (Å²) in [7, 11) is -19.3. The largest absolute Gasteiger partial charge is 0.534 e. The summed E-state index contributed by atoms with van der Waals surface area (Å²) in [5.41, 5.74) is -20.3. The third-order valence-electron chi connectivity index (χ3n) is 4.45. The van der Waals surface area contributed by atoms with Crippen LogP contribution in [0.5, 0.6) is 17.2 Å². The molecule has 0 amide bonds. The van der Waals surface area contributed by atoms with Gasteiger partial charge in [-0.2, -0.15) is 64.8 Å². The number of benzene rings is 1. The summed E-state index contributed by atoms with van der Waals surface area (Å²) >= 11 is 0. The third kappa shape index (κ3) is 6.37. The van der Waals surface area contributed by atoms with Gasteiger partial charge in [-0.25, -0.2) is 4.31 Å². The number of halogens is 9. The van der Waals surface area contributed by atoms with E-state index in [0.717, 1.165) is 6.08 Å². The number of aromatic hydroxyl groups is 1. The predicted molar refractivity (Wildman–Crippen MR) is 111 cm³/mol. The van der Waals surface area contributed by atoms with Gasteiger partial charge in [-0.1, -0.05) is 18.2 Å². The molecule has 0 unspecified atom stereocenters. The first-order chi connectivity index (χ1) is 17.4. The fourth-order valence-electron chi connectivity index (χ4n) is 2.77. The molecule has 1 N–H and O–H groups in total.